The van der Waals surface area contributed by atoms with Crippen molar-refractivity contribution in [3.05, 3.63) is 34.6 Å². The lowest BCUT2D eigenvalue weighted by Gasteiger charge is -1.94. The van der Waals surface area contributed by atoms with E-state index in [4.69, 9.17) is 16.7 Å². The number of hydrogen-bond acceptors (Lipinski definition) is 1. The zero-order chi connectivity index (χ0) is 9.84. The molecule has 0 saturated heterocycles. The molecular formula is C10H8ClFO. The number of aliphatic hydroxyl groups is 1. The molecule has 0 aromatic heterocycles. The van der Waals surface area contributed by atoms with Crippen LogP contribution in [-0.4, -0.2) is 11.2 Å². The molecule has 1 aromatic carbocycles. The second-order valence-corrected chi connectivity index (χ2v) is 3.01. The van der Waals surface area contributed by atoms with E-state index < -0.39 is 11.9 Å². The second kappa shape index (κ2) is 4.27. The number of hydrogen-bond donors (Lipinski definition) is 1. The van der Waals surface area contributed by atoms with E-state index in [-0.39, 0.29) is 5.56 Å². The van der Waals surface area contributed by atoms with Crippen LogP contribution >= 0.6 is 11.6 Å². The maximum atomic E-state index is 13.0. The monoisotopic (exact) mass is 198 g/mol. The summed E-state index contributed by atoms with van der Waals surface area (Å²) in [5, 5.41) is 9.17. The summed E-state index contributed by atoms with van der Waals surface area (Å²) in [4.78, 5) is 0. The maximum absolute atomic E-state index is 13.0. The molecule has 1 nitrogen and oxygen atoms in total. The number of aliphatic hydroxyl groups excluding tert-OH is 1. The van der Waals surface area contributed by atoms with Crippen LogP contribution in [0.15, 0.2) is 18.2 Å². The Labute approximate surface area is 81.2 Å². The van der Waals surface area contributed by atoms with Crippen molar-refractivity contribution < 1.29 is 9.50 Å². The van der Waals surface area contributed by atoms with Crippen LogP contribution in [0.2, 0.25) is 5.02 Å². The molecule has 0 radical (unpaired) electrons. The minimum Gasteiger partial charge on any atom is -0.381 e. The van der Waals surface area contributed by atoms with E-state index in [2.05, 4.69) is 11.8 Å². The molecule has 0 heterocycles. The summed E-state index contributed by atoms with van der Waals surface area (Å²) in [7, 11) is 0. The van der Waals surface area contributed by atoms with Crippen molar-refractivity contribution in [2.45, 2.75) is 13.0 Å². The minimum atomic E-state index is -0.755. The van der Waals surface area contributed by atoms with E-state index in [1.54, 1.807) is 6.07 Å². The highest BCUT2D eigenvalue weighted by molar-refractivity contribution is 6.30. The molecule has 13 heavy (non-hydrogen) atoms. The highest BCUT2D eigenvalue weighted by Gasteiger charge is 1.98. The fourth-order valence-corrected chi connectivity index (χ4v) is 0.932. The smallest absolute Gasteiger partial charge is 0.140 e. The second-order valence-electron chi connectivity index (χ2n) is 2.57. The summed E-state index contributed by atoms with van der Waals surface area (Å²) in [5.41, 5.74) is 0.241. The number of rotatable bonds is 0. The van der Waals surface area contributed by atoms with Gasteiger partial charge in [-0.2, -0.15) is 0 Å². The lowest BCUT2D eigenvalue weighted by Crippen LogP contribution is -1.93. The Morgan fingerprint density at radius 1 is 1.54 bits per heavy atom. The van der Waals surface area contributed by atoms with Gasteiger partial charge in [-0.1, -0.05) is 23.4 Å². The maximum Gasteiger partial charge on any atom is 0.140 e. The van der Waals surface area contributed by atoms with Crippen LogP contribution in [0.1, 0.15) is 12.5 Å². The molecule has 68 valence electrons. The summed E-state index contributed by atoms with van der Waals surface area (Å²) >= 11 is 5.54. The molecule has 1 N–H and O–H groups in total. The van der Waals surface area contributed by atoms with Crippen molar-refractivity contribution in [3.8, 4) is 11.8 Å². The first kappa shape index (κ1) is 10.0. The molecular weight excluding hydrogens is 191 g/mol. The molecule has 0 saturated carbocycles. The third-order valence-electron chi connectivity index (χ3n) is 1.35. The average Bonchev–Trinajstić information content (AvgIpc) is 2.02. The molecule has 0 aliphatic carbocycles. The Bertz CT molecular complexity index is 363. The molecule has 0 aliphatic heterocycles. The normalized spacial score (nSPS) is 11.7. The van der Waals surface area contributed by atoms with Crippen molar-refractivity contribution in [3.63, 3.8) is 0 Å². The molecule has 0 spiro atoms. The topological polar surface area (TPSA) is 20.2 Å². The SMILES string of the molecule is CC(O)C#Cc1ccc(Cl)cc1F. The molecule has 0 aliphatic rings. The largest absolute Gasteiger partial charge is 0.381 e. The fraction of sp³-hybridized carbons (Fsp3) is 0.200. The van der Waals surface area contributed by atoms with Gasteiger partial charge in [-0.3, -0.25) is 0 Å². The standard InChI is InChI=1S/C10H8ClFO/c1-7(13)2-3-8-4-5-9(11)6-10(8)12/h4-7,13H,1H3. The van der Waals surface area contributed by atoms with Gasteiger partial charge in [0.15, 0.2) is 0 Å². The third-order valence-corrected chi connectivity index (χ3v) is 1.58. The van der Waals surface area contributed by atoms with Gasteiger partial charge in [0.2, 0.25) is 0 Å². The predicted octanol–water partition coefficient (Wildman–Crippen LogP) is 2.21. The van der Waals surface area contributed by atoms with Crippen molar-refractivity contribution in [1.82, 2.24) is 0 Å². The zero-order valence-corrected chi connectivity index (χ0v) is 7.77. The number of benzene rings is 1. The fourth-order valence-electron chi connectivity index (χ4n) is 0.773. The third kappa shape index (κ3) is 3.06. The lowest BCUT2D eigenvalue weighted by molar-refractivity contribution is 0.253. The Balaban J connectivity index is 2.98. The highest BCUT2D eigenvalue weighted by Crippen LogP contribution is 2.13. The van der Waals surface area contributed by atoms with E-state index in [0.29, 0.717) is 5.02 Å². The van der Waals surface area contributed by atoms with Crippen LogP contribution in [0.4, 0.5) is 4.39 Å². The van der Waals surface area contributed by atoms with E-state index in [1.165, 1.54) is 19.1 Å². The molecule has 1 aromatic rings. The average molecular weight is 199 g/mol. The van der Waals surface area contributed by atoms with Crippen LogP contribution in [0.5, 0.6) is 0 Å². The Hall–Kier alpha value is -1.04. The number of halogens is 2. The van der Waals surface area contributed by atoms with Gasteiger partial charge in [0.25, 0.3) is 0 Å². The van der Waals surface area contributed by atoms with Crippen LogP contribution in [0, 0.1) is 17.7 Å². The summed E-state index contributed by atoms with van der Waals surface area (Å²) in [6, 6.07) is 4.22. The Morgan fingerprint density at radius 3 is 2.77 bits per heavy atom. The van der Waals surface area contributed by atoms with Gasteiger partial charge in [-0.05, 0) is 25.1 Å². The zero-order valence-electron chi connectivity index (χ0n) is 7.01. The first-order valence-electron chi connectivity index (χ1n) is 3.74. The minimum absolute atomic E-state index is 0.241. The highest BCUT2D eigenvalue weighted by atomic mass is 35.5. The summed E-state index contributed by atoms with van der Waals surface area (Å²) in [6.07, 6.45) is -0.755. The van der Waals surface area contributed by atoms with Crippen molar-refractivity contribution >= 4 is 11.6 Å². The van der Waals surface area contributed by atoms with Crippen molar-refractivity contribution in [2.24, 2.45) is 0 Å². The van der Waals surface area contributed by atoms with Gasteiger partial charge in [0.1, 0.15) is 11.9 Å². The van der Waals surface area contributed by atoms with Crippen molar-refractivity contribution in [1.29, 1.82) is 0 Å². The Morgan fingerprint density at radius 2 is 2.23 bits per heavy atom. The lowest BCUT2D eigenvalue weighted by atomic mass is 10.2. The van der Waals surface area contributed by atoms with Gasteiger partial charge in [0, 0.05) is 5.02 Å². The van der Waals surface area contributed by atoms with Crippen LogP contribution in [-0.2, 0) is 0 Å². The molecule has 1 atom stereocenters. The molecule has 3 heteroatoms. The van der Waals surface area contributed by atoms with Gasteiger partial charge in [0.05, 0.1) is 5.56 Å². The first-order chi connectivity index (χ1) is 6.09. The van der Waals surface area contributed by atoms with Gasteiger partial charge < -0.3 is 5.11 Å². The van der Waals surface area contributed by atoms with Crippen molar-refractivity contribution in [2.75, 3.05) is 0 Å². The Kier molecular flexibility index (Phi) is 3.30. The molecule has 0 amide bonds. The molecule has 1 rings (SSSR count). The first-order valence-corrected chi connectivity index (χ1v) is 4.12. The predicted molar refractivity (Wildman–Crippen MR) is 50.0 cm³/mol. The molecule has 0 fully saturated rings. The summed E-state index contributed by atoms with van der Waals surface area (Å²) in [5.74, 6) is 4.48. The van der Waals surface area contributed by atoms with E-state index in [1.807, 2.05) is 0 Å². The molecule has 1 unspecified atom stereocenters. The quantitative estimate of drug-likeness (QED) is 0.634. The van der Waals surface area contributed by atoms with E-state index in [0.717, 1.165) is 0 Å². The van der Waals surface area contributed by atoms with Crippen LogP contribution in [0.25, 0.3) is 0 Å². The van der Waals surface area contributed by atoms with Crippen LogP contribution < -0.4 is 0 Å². The summed E-state index contributed by atoms with van der Waals surface area (Å²) in [6.45, 7) is 1.51. The van der Waals surface area contributed by atoms with Crippen LogP contribution in [0.3, 0.4) is 0 Å². The van der Waals surface area contributed by atoms with Gasteiger partial charge >= 0.3 is 0 Å². The van der Waals surface area contributed by atoms with E-state index >= 15 is 0 Å². The van der Waals surface area contributed by atoms with Gasteiger partial charge in [-0.15, -0.1) is 0 Å². The molecule has 0 bridgehead atoms. The summed E-state index contributed by atoms with van der Waals surface area (Å²) < 4.78 is 13.0. The van der Waals surface area contributed by atoms with Gasteiger partial charge in [-0.25, -0.2) is 4.39 Å². The van der Waals surface area contributed by atoms with E-state index in [9.17, 15) is 4.39 Å².